The van der Waals surface area contributed by atoms with Crippen molar-refractivity contribution in [3.63, 3.8) is 0 Å². The second-order valence-electron chi connectivity index (χ2n) is 3.34. The van der Waals surface area contributed by atoms with E-state index in [1.165, 1.54) is 12.8 Å². The van der Waals surface area contributed by atoms with Gasteiger partial charge in [0.05, 0.1) is 6.10 Å². The van der Waals surface area contributed by atoms with Crippen molar-refractivity contribution in [2.24, 2.45) is 0 Å². The third-order valence-corrected chi connectivity index (χ3v) is 2.45. The number of hydrogen-bond acceptors (Lipinski definition) is 2. The van der Waals surface area contributed by atoms with Gasteiger partial charge in [0.2, 0.25) is 5.91 Å². The van der Waals surface area contributed by atoms with Gasteiger partial charge >= 0.3 is 0 Å². The van der Waals surface area contributed by atoms with Crippen molar-refractivity contribution in [2.75, 3.05) is 5.88 Å². The van der Waals surface area contributed by atoms with Gasteiger partial charge in [0.1, 0.15) is 0 Å². The van der Waals surface area contributed by atoms with Gasteiger partial charge in [0.25, 0.3) is 0 Å². The Hall–Kier alpha value is -0.280. The van der Waals surface area contributed by atoms with Crippen molar-refractivity contribution >= 4 is 17.5 Å². The Morgan fingerprint density at radius 3 is 2.77 bits per heavy atom. The molecule has 1 saturated carbocycles. The second-order valence-corrected chi connectivity index (χ2v) is 3.72. The van der Waals surface area contributed by atoms with Gasteiger partial charge in [-0.2, -0.15) is 0 Å². The van der Waals surface area contributed by atoms with Crippen molar-refractivity contribution in [1.82, 2.24) is 5.48 Å². The summed E-state index contributed by atoms with van der Waals surface area (Å²) in [5.74, 6) is 0.462. The summed E-state index contributed by atoms with van der Waals surface area (Å²) < 4.78 is 0. The van der Waals surface area contributed by atoms with Crippen LogP contribution in [0.4, 0.5) is 0 Å². The molecule has 1 N–H and O–H groups in total. The molecule has 0 bridgehead atoms. The van der Waals surface area contributed by atoms with Crippen molar-refractivity contribution in [1.29, 1.82) is 0 Å². The van der Waals surface area contributed by atoms with E-state index in [0.29, 0.717) is 18.7 Å². The minimum atomic E-state index is -0.0625. The molecule has 1 amide bonds. The molecule has 1 aliphatic rings. The van der Waals surface area contributed by atoms with Crippen LogP contribution in [0.3, 0.4) is 0 Å². The molecule has 0 unspecified atom stereocenters. The Morgan fingerprint density at radius 2 is 2.15 bits per heavy atom. The fourth-order valence-electron chi connectivity index (χ4n) is 1.43. The van der Waals surface area contributed by atoms with E-state index in [-0.39, 0.29) is 12.0 Å². The van der Waals surface area contributed by atoms with Crippen LogP contribution in [0.15, 0.2) is 0 Å². The fourth-order valence-corrected chi connectivity index (χ4v) is 1.57. The first-order chi connectivity index (χ1) is 6.33. The Morgan fingerprint density at radius 1 is 1.46 bits per heavy atom. The first kappa shape index (κ1) is 10.8. The van der Waals surface area contributed by atoms with Gasteiger partial charge in [-0.05, 0) is 19.3 Å². The maximum Gasteiger partial charge on any atom is 0.243 e. The Kier molecular flexibility index (Phi) is 5.16. The molecule has 0 atom stereocenters. The van der Waals surface area contributed by atoms with Crippen LogP contribution in [0, 0.1) is 0 Å². The molecule has 76 valence electrons. The minimum Gasteiger partial charge on any atom is -0.273 e. The number of nitrogens with one attached hydrogen (secondary N) is 1. The summed E-state index contributed by atoms with van der Waals surface area (Å²) in [7, 11) is 0. The summed E-state index contributed by atoms with van der Waals surface area (Å²) in [4.78, 5) is 16.3. The number of carbonyl (C=O) groups excluding carboxylic acids is 1. The summed E-state index contributed by atoms with van der Waals surface area (Å²) in [6.07, 6.45) is 5.95. The average Bonchev–Trinajstić information content (AvgIpc) is 2.64. The quantitative estimate of drug-likeness (QED) is 0.551. The lowest BCUT2D eigenvalue weighted by Crippen LogP contribution is -2.28. The third kappa shape index (κ3) is 4.48. The smallest absolute Gasteiger partial charge is 0.243 e. The lowest BCUT2D eigenvalue weighted by Gasteiger charge is -2.10. The second kappa shape index (κ2) is 6.22. The van der Waals surface area contributed by atoms with E-state index >= 15 is 0 Å². The van der Waals surface area contributed by atoms with Crippen LogP contribution in [-0.4, -0.2) is 17.9 Å². The summed E-state index contributed by atoms with van der Waals surface area (Å²) >= 11 is 5.45. The lowest BCUT2D eigenvalue weighted by molar-refractivity contribution is -0.138. The van der Waals surface area contributed by atoms with Crippen molar-refractivity contribution in [3.05, 3.63) is 0 Å². The van der Waals surface area contributed by atoms with Gasteiger partial charge in [-0.15, -0.1) is 11.6 Å². The molecule has 0 aromatic carbocycles. The number of halogens is 1. The van der Waals surface area contributed by atoms with E-state index in [1.807, 2.05) is 0 Å². The number of carbonyl (C=O) groups is 1. The molecule has 1 aliphatic carbocycles. The number of alkyl halides is 1. The maximum atomic E-state index is 11.1. The highest BCUT2D eigenvalue weighted by atomic mass is 35.5. The van der Waals surface area contributed by atoms with E-state index in [1.54, 1.807) is 0 Å². The van der Waals surface area contributed by atoms with Crippen LogP contribution in [0.1, 0.15) is 38.5 Å². The van der Waals surface area contributed by atoms with E-state index in [0.717, 1.165) is 12.8 Å². The Labute approximate surface area is 83.7 Å². The third-order valence-electron chi connectivity index (χ3n) is 2.18. The van der Waals surface area contributed by atoms with E-state index in [2.05, 4.69) is 5.48 Å². The molecule has 0 aliphatic heterocycles. The Balaban J connectivity index is 2.00. The topological polar surface area (TPSA) is 38.3 Å². The molecule has 0 saturated heterocycles. The predicted octanol–water partition coefficient (Wildman–Crippen LogP) is 2.00. The largest absolute Gasteiger partial charge is 0.273 e. The lowest BCUT2D eigenvalue weighted by atomic mass is 10.3. The first-order valence-electron chi connectivity index (χ1n) is 4.83. The van der Waals surface area contributed by atoms with E-state index in [9.17, 15) is 4.79 Å². The van der Waals surface area contributed by atoms with Crippen LogP contribution in [-0.2, 0) is 9.63 Å². The fraction of sp³-hybridized carbons (Fsp3) is 0.889. The minimum absolute atomic E-state index is 0.0625. The molecule has 0 aromatic rings. The highest BCUT2D eigenvalue weighted by Crippen LogP contribution is 2.19. The molecule has 3 nitrogen and oxygen atoms in total. The molecule has 0 heterocycles. The standard InChI is InChI=1S/C9H16ClNO2/c10-7-3-6-9(12)11-13-8-4-1-2-5-8/h8H,1-7H2,(H,11,12). The van der Waals surface area contributed by atoms with Gasteiger partial charge in [-0.1, -0.05) is 12.8 Å². The first-order valence-corrected chi connectivity index (χ1v) is 5.37. The van der Waals surface area contributed by atoms with Gasteiger partial charge in [0, 0.05) is 12.3 Å². The summed E-state index contributed by atoms with van der Waals surface area (Å²) in [5.41, 5.74) is 2.46. The molecular weight excluding hydrogens is 190 g/mol. The van der Waals surface area contributed by atoms with Gasteiger partial charge in [0.15, 0.2) is 0 Å². The maximum absolute atomic E-state index is 11.1. The summed E-state index contributed by atoms with van der Waals surface area (Å²) in [6.45, 7) is 0. The number of amides is 1. The molecule has 1 rings (SSSR count). The van der Waals surface area contributed by atoms with Crippen molar-refractivity contribution in [2.45, 2.75) is 44.6 Å². The van der Waals surface area contributed by atoms with Crippen LogP contribution >= 0.6 is 11.6 Å². The summed E-state index contributed by atoms with van der Waals surface area (Å²) in [6, 6.07) is 0. The molecule has 0 aromatic heterocycles. The van der Waals surface area contributed by atoms with Crippen LogP contribution in [0.25, 0.3) is 0 Å². The zero-order valence-corrected chi connectivity index (χ0v) is 8.48. The van der Waals surface area contributed by atoms with Gasteiger partial charge in [-0.25, -0.2) is 5.48 Å². The zero-order valence-electron chi connectivity index (χ0n) is 7.72. The monoisotopic (exact) mass is 205 g/mol. The number of hydroxylamine groups is 1. The van der Waals surface area contributed by atoms with Crippen LogP contribution in [0.5, 0.6) is 0 Å². The van der Waals surface area contributed by atoms with E-state index in [4.69, 9.17) is 16.4 Å². The molecule has 4 heteroatoms. The molecule has 13 heavy (non-hydrogen) atoms. The van der Waals surface area contributed by atoms with Gasteiger partial charge < -0.3 is 0 Å². The highest BCUT2D eigenvalue weighted by molar-refractivity contribution is 6.17. The van der Waals surface area contributed by atoms with Crippen LogP contribution < -0.4 is 5.48 Å². The normalized spacial score (nSPS) is 17.6. The predicted molar refractivity (Wildman–Crippen MR) is 51.4 cm³/mol. The van der Waals surface area contributed by atoms with Crippen molar-refractivity contribution in [3.8, 4) is 0 Å². The molecule has 0 spiro atoms. The Bertz CT molecular complexity index is 158. The number of rotatable bonds is 5. The average molecular weight is 206 g/mol. The van der Waals surface area contributed by atoms with Crippen molar-refractivity contribution < 1.29 is 9.63 Å². The SMILES string of the molecule is O=C(CCCCl)NOC1CCCC1. The molecule has 0 radical (unpaired) electrons. The molecule has 1 fully saturated rings. The number of hydrogen-bond donors (Lipinski definition) is 1. The zero-order chi connectivity index (χ0) is 9.52. The summed E-state index contributed by atoms with van der Waals surface area (Å²) in [5, 5.41) is 0. The molecular formula is C9H16ClNO2. The highest BCUT2D eigenvalue weighted by Gasteiger charge is 2.16. The van der Waals surface area contributed by atoms with Crippen LogP contribution in [0.2, 0.25) is 0 Å². The van der Waals surface area contributed by atoms with Gasteiger partial charge in [-0.3, -0.25) is 9.63 Å². The van der Waals surface area contributed by atoms with E-state index < -0.39 is 0 Å².